The quantitative estimate of drug-likeness (QED) is 0.572. The minimum Gasteiger partial charge on any atom is -0.347 e. The summed E-state index contributed by atoms with van der Waals surface area (Å²) in [6.07, 6.45) is 0.479. The van der Waals surface area contributed by atoms with Crippen molar-refractivity contribution in [2.75, 3.05) is 14.1 Å². The normalized spacial score (nSPS) is 11.7. The summed E-state index contributed by atoms with van der Waals surface area (Å²) in [6.45, 7) is 0. The highest BCUT2D eigenvalue weighted by atomic mass is 16.5. The van der Waals surface area contributed by atoms with Crippen molar-refractivity contribution >= 4 is 11.8 Å². The third kappa shape index (κ3) is 4.18. The number of hydrogen-bond donors (Lipinski definition) is 3. The van der Waals surface area contributed by atoms with Gasteiger partial charge in [0.05, 0.1) is 6.04 Å². The maximum atomic E-state index is 11.8. The summed E-state index contributed by atoms with van der Waals surface area (Å²) in [7, 11) is 3.37. The molecule has 0 saturated carbocycles. The largest absolute Gasteiger partial charge is 0.347 e. The third-order valence-electron chi connectivity index (χ3n) is 3.75. The Bertz CT molecular complexity index is 709. The average Bonchev–Trinajstić information content (AvgIpc) is 2.61. The molecule has 0 aliphatic rings. The molecule has 0 saturated heterocycles. The van der Waals surface area contributed by atoms with E-state index in [-0.39, 0.29) is 5.91 Å². The smallest absolute Gasteiger partial charge is 0.274 e. The van der Waals surface area contributed by atoms with Crippen molar-refractivity contribution in [3.8, 4) is 11.1 Å². The monoisotopic (exact) mass is 327 g/mol. The van der Waals surface area contributed by atoms with Crippen molar-refractivity contribution in [3.63, 3.8) is 0 Å². The zero-order valence-electron chi connectivity index (χ0n) is 13.7. The van der Waals surface area contributed by atoms with Crippen LogP contribution in [0, 0.1) is 0 Å². The van der Waals surface area contributed by atoms with E-state index in [9.17, 15) is 9.59 Å². The molecule has 0 radical (unpaired) electrons. The number of carbonyl (C=O) groups excluding carboxylic acids is 2. The Balaban J connectivity index is 2.09. The van der Waals surface area contributed by atoms with Gasteiger partial charge in [0, 0.05) is 19.7 Å². The zero-order valence-corrected chi connectivity index (χ0v) is 13.7. The highest BCUT2D eigenvalue weighted by molar-refractivity contribution is 5.93. The van der Waals surface area contributed by atoms with Gasteiger partial charge in [-0.3, -0.25) is 14.8 Å². The summed E-state index contributed by atoms with van der Waals surface area (Å²) < 4.78 is 0. The van der Waals surface area contributed by atoms with Crippen LogP contribution in [0.15, 0.2) is 48.5 Å². The predicted octanol–water partition coefficient (Wildman–Crippen LogP) is 1.43. The molecule has 2 aromatic carbocycles. The van der Waals surface area contributed by atoms with Gasteiger partial charge in [-0.15, -0.1) is 0 Å². The second-order valence-electron chi connectivity index (χ2n) is 5.76. The lowest BCUT2D eigenvalue weighted by Crippen LogP contribution is -2.41. The van der Waals surface area contributed by atoms with Crippen LogP contribution in [-0.4, -0.2) is 42.1 Å². The van der Waals surface area contributed by atoms with Gasteiger partial charge in [-0.25, -0.2) is 5.48 Å². The zero-order chi connectivity index (χ0) is 17.7. The summed E-state index contributed by atoms with van der Waals surface area (Å²) in [5.74, 6) is -0.645. The molecule has 4 N–H and O–H groups in total. The fourth-order valence-electron chi connectivity index (χ4n) is 2.38. The van der Waals surface area contributed by atoms with Crippen LogP contribution in [0.25, 0.3) is 11.1 Å². The van der Waals surface area contributed by atoms with Gasteiger partial charge in [-0.1, -0.05) is 36.4 Å². The lowest BCUT2D eigenvalue weighted by Gasteiger charge is -2.16. The number of nitrogens with zero attached hydrogens (tertiary/aromatic N) is 1. The second kappa shape index (κ2) is 7.72. The average molecular weight is 327 g/mol. The number of carbonyl (C=O) groups is 2. The minimum absolute atomic E-state index is 0.100. The van der Waals surface area contributed by atoms with Crippen molar-refractivity contribution in [3.05, 3.63) is 59.7 Å². The highest BCUT2D eigenvalue weighted by Gasteiger charge is 2.15. The van der Waals surface area contributed by atoms with Gasteiger partial charge >= 0.3 is 0 Å². The number of hydrogen-bond acceptors (Lipinski definition) is 4. The van der Waals surface area contributed by atoms with Gasteiger partial charge in [-0.2, -0.15) is 0 Å². The van der Waals surface area contributed by atoms with Crippen LogP contribution < -0.4 is 11.2 Å². The molecule has 2 amide bonds. The van der Waals surface area contributed by atoms with Gasteiger partial charge in [0.25, 0.3) is 5.91 Å². The van der Waals surface area contributed by atoms with Crippen LogP contribution in [0.1, 0.15) is 15.9 Å². The van der Waals surface area contributed by atoms with Gasteiger partial charge < -0.3 is 10.6 Å². The van der Waals surface area contributed by atoms with Crippen molar-refractivity contribution in [1.82, 2.24) is 10.4 Å². The van der Waals surface area contributed by atoms with Gasteiger partial charge in [0.1, 0.15) is 0 Å². The molecule has 6 heteroatoms. The van der Waals surface area contributed by atoms with Crippen LogP contribution in [0.3, 0.4) is 0 Å². The summed E-state index contributed by atoms with van der Waals surface area (Å²) in [5.41, 5.74) is 10.8. The first kappa shape index (κ1) is 17.7. The number of hydroxylamine groups is 1. The molecule has 24 heavy (non-hydrogen) atoms. The van der Waals surface area contributed by atoms with E-state index < -0.39 is 11.9 Å². The fraction of sp³-hybridized carbons (Fsp3) is 0.222. The first-order valence-corrected chi connectivity index (χ1v) is 7.53. The molecule has 0 spiro atoms. The molecule has 0 aromatic heterocycles. The number of nitrogens with one attached hydrogen (secondary N) is 1. The molecule has 0 aliphatic heterocycles. The summed E-state index contributed by atoms with van der Waals surface area (Å²) in [4.78, 5) is 24.6. The lowest BCUT2D eigenvalue weighted by atomic mass is 9.99. The molecule has 0 fully saturated rings. The molecule has 0 heterocycles. The van der Waals surface area contributed by atoms with Crippen molar-refractivity contribution in [2.24, 2.45) is 5.73 Å². The maximum absolute atomic E-state index is 11.8. The van der Waals surface area contributed by atoms with Crippen molar-refractivity contribution < 1.29 is 14.8 Å². The third-order valence-corrected chi connectivity index (χ3v) is 3.75. The minimum atomic E-state index is -0.554. The molecular formula is C18H21N3O3. The molecule has 2 aromatic rings. The molecule has 1 atom stereocenters. The first-order valence-electron chi connectivity index (χ1n) is 7.53. The molecule has 1 unspecified atom stereocenters. The summed E-state index contributed by atoms with van der Waals surface area (Å²) >= 11 is 0. The van der Waals surface area contributed by atoms with Crippen molar-refractivity contribution in [2.45, 2.75) is 12.5 Å². The van der Waals surface area contributed by atoms with E-state index in [4.69, 9.17) is 10.9 Å². The SMILES string of the molecule is CN(C)C(=O)C(N)Cc1ccc(-c2ccc(C(=O)NO)cc2)cc1. The Morgan fingerprint density at radius 2 is 1.54 bits per heavy atom. The van der Waals surface area contributed by atoms with E-state index in [1.165, 1.54) is 4.90 Å². The van der Waals surface area contributed by atoms with Crippen LogP contribution >= 0.6 is 0 Å². The van der Waals surface area contributed by atoms with Crippen LogP contribution in [0.5, 0.6) is 0 Å². The topological polar surface area (TPSA) is 95.7 Å². The summed E-state index contributed by atoms with van der Waals surface area (Å²) in [6, 6.07) is 14.1. The predicted molar refractivity (Wildman–Crippen MR) is 91.5 cm³/mol. The fourth-order valence-corrected chi connectivity index (χ4v) is 2.38. The molecule has 2 rings (SSSR count). The van der Waals surface area contributed by atoms with Gasteiger partial charge in [-0.05, 0) is 35.2 Å². The van der Waals surface area contributed by atoms with E-state index in [1.807, 2.05) is 24.3 Å². The Hall–Kier alpha value is -2.70. The molecular weight excluding hydrogens is 306 g/mol. The number of nitrogens with two attached hydrogens (primary N) is 1. The van der Waals surface area contributed by atoms with E-state index in [0.717, 1.165) is 16.7 Å². The van der Waals surface area contributed by atoms with Crippen molar-refractivity contribution in [1.29, 1.82) is 0 Å². The maximum Gasteiger partial charge on any atom is 0.274 e. The number of benzene rings is 2. The molecule has 6 nitrogen and oxygen atoms in total. The van der Waals surface area contributed by atoms with Crippen LogP contribution in [-0.2, 0) is 11.2 Å². The van der Waals surface area contributed by atoms with Crippen LogP contribution in [0.2, 0.25) is 0 Å². The van der Waals surface area contributed by atoms with Gasteiger partial charge in [0.15, 0.2) is 0 Å². The molecule has 0 aliphatic carbocycles. The summed E-state index contributed by atoms with van der Waals surface area (Å²) in [5, 5.41) is 8.61. The Morgan fingerprint density at radius 3 is 2.00 bits per heavy atom. The van der Waals surface area contributed by atoms with E-state index >= 15 is 0 Å². The molecule has 0 bridgehead atoms. The standard InChI is InChI=1S/C18H21N3O3/c1-21(2)18(23)16(19)11-12-3-5-13(6-4-12)14-7-9-15(10-8-14)17(22)20-24/h3-10,16,24H,11,19H2,1-2H3,(H,20,22). The molecule has 126 valence electrons. The second-order valence-corrected chi connectivity index (χ2v) is 5.76. The Morgan fingerprint density at radius 1 is 1.04 bits per heavy atom. The number of amides is 2. The lowest BCUT2D eigenvalue weighted by molar-refractivity contribution is -0.130. The Kier molecular flexibility index (Phi) is 5.68. The number of rotatable bonds is 5. The van der Waals surface area contributed by atoms with Crippen LogP contribution in [0.4, 0.5) is 0 Å². The van der Waals surface area contributed by atoms with E-state index in [1.54, 1.807) is 43.8 Å². The highest BCUT2D eigenvalue weighted by Crippen LogP contribution is 2.21. The van der Waals surface area contributed by atoms with E-state index in [0.29, 0.717) is 12.0 Å². The Labute approximate surface area is 140 Å². The van der Waals surface area contributed by atoms with E-state index in [2.05, 4.69) is 0 Å². The number of likely N-dealkylation sites (N-methyl/N-ethyl adjacent to an activating group) is 1. The van der Waals surface area contributed by atoms with Gasteiger partial charge in [0.2, 0.25) is 5.91 Å². The first-order chi connectivity index (χ1) is 11.4.